The van der Waals surface area contributed by atoms with E-state index in [1.807, 2.05) is 0 Å². The molecule has 1 aromatic heterocycles. The van der Waals surface area contributed by atoms with Crippen molar-refractivity contribution in [3.63, 3.8) is 0 Å². The second-order valence-corrected chi connectivity index (χ2v) is 5.92. The maximum Gasteiger partial charge on any atom is 0.371 e. The van der Waals surface area contributed by atoms with E-state index in [1.54, 1.807) is 24.3 Å². The highest BCUT2D eigenvalue weighted by Gasteiger charge is 2.20. The van der Waals surface area contributed by atoms with E-state index in [1.165, 1.54) is 0 Å². The normalized spacial score (nSPS) is 11.5. The maximum absolute atomic E-state index is 11.9. The van der Waals surface area contributed by atoms with Crippen molar-refractivity contribution in [2.24, 2.45) is 0 Å². The summed E-state index contributed by atoms with van der Waals surface area (Å²) in [4.78, 5) is 10.7. The lowest BCUT2D eigenvalue weighted by atomic mass is 10.1. The standard InChI is InChI=1S/C13H13NO6S/c15-8-10-3-1-9(2-4-10)7-14-21(18,19)12-6-5-11(20-12)13(16)17/h1-6,14-15H,7-8H2,(H,16,17). The summed E-state index contributed by atoms with van der Waals surface area (Å²) in [5, 5.41) is 17.2. The third-order valence-electron chi connectivity index (χ3n) is 2.73. The van der Waals surface area contributed by atoms with Gasteiger partial charge in [0.2, 0.25) is 10.9 Å². The minimum Gasteiger partial charge on any atom is -0.475 e. The average molecular weight is 311 g/mol. The summed E-state index contributed by atoms with van der Waals surface area (Å²) in [6.45, 7) is -0.0620. The number of carboxylic acids is 1. The molecule has 0 saturated carbocycles. The quantitative estimate of drug-likeness (QED) is 0.731. The maximum atomic E-state index is 11.9. The van der Waals surface area contributed by atoms with E-state index >= 15 is 0 Å². The van der Waals surface area contributed by atoms with E-state index < -0.39 is 26.8 Å². The van der Waals surface area contributed by atoms with Crippen molar-refractivity contribution in [3.05, 3.63) is 53.3 Å². The van der Waals surface area contributed by atoms with Crippen LogP contribution in [-0.4, -0.2) is 24.6 Å². The SMILES string of the molecule is O=C(O)c1ccc(S(=O)(=O)NCc2ccc(CO)cc2)o1. The van der Waals surface area contributed by atoms with Crippen molar-refractivity contribution in [1.82, 2.24) is 4.72 Å². The van der Waals surface area contributed by atoms with E-state index in [4.69, 9.17) is 14.6 Å². The summed E-state index contributed by atoms with van der Waals surface area (Å²) in [6, 6.07) is 8.88. The van der Waals surface area contributed by atoms with Crippen LogP contribution in [0.15, 0.2) is 45.9 Å². The third-order valence-corrected chi connectivity index (χ3v) is 4.00. The van der Waals surface area contributed by atoms with Gasteiger partial charge in [-0.2, -0.15) is 0 Å². The molecule has 2 aromatic rings. The summed E-state index contributed by atoms with van der Waals surface area (Å²) in [5.74, 6) is -1.78. The van der Waals surface area contributed by atoms with E-state index in [9.17, 15) is 13.2 Å². The zero-order valence-electron chi connectivity index (χ0n) is 10.8. The van der Waals surface area contributed by atoms with Crippen molar-refractivity contribution in [2.75, 3.05) is 0 Å². The van der Waals surface area contributed by atoms with Gasteiger partial charge in [-0.05, 0) is 23.3 Å². The molecular weight excluding hydrogens is 298 g/mol. The lowest BCUT2D eigenvalue weighted by Crippen LogP contribution is -2.22. The minimum absolute atomic E-state index is 0.0249. The largest absolute Gasteiger partial charge is 0.475 e. The molecule has 7 nitrogen and oxygen atoms in total. The molecule has 0 aliphatic carbocycles. The van der Waals surface area contributed by atoms with Gasteiger partial charge in [-0.3, -0.25) is 0 Å². The van der Waals surface area contributed by atoms with Crippen LogP contribution in [0.2, 0.25) is 0 Å². The van der Waals surface area contributed by atoms with Crippen molar-refractivity contribution in [2.45, 2.75) is 18.2 Å². The van der Waals surface area contributed by atoms with Crippen molar-refractivity contribution >= 4 is 16.0 Å². The Morgan fingerprint density at radius 1 is 1.10 bits per heavy atom. The molecule has 112 valence electrons. The zero-order valence-corrected chi connectivity index (χ0v) is 11.6. The molecule has 1 aromatic carbocycles. The number of aliphatic hydroxyl groups excluding tert-OH is 1. The summed E-state index contributed by atoms with van der Waals surface area (Å²) in [7, 11) is -3.92. The van der Waals surface area contributed by atoms with Gasteiger partial charge in [-0.25, -0.2) is 17.9 Å². The molecule has 8 heteroatoms. The number of hydrogen-bond acceptors (Lipinski definition) is 5. The predicted octanol–water partition coefficient (Wildman–Crippen LogP) is 0.949. The number of aromatic carboxylic acids is 1. The molecule has 0 spiro atoms. The van der Waals surface area contributed by atoms with Gasteiger partial charge in [0.15, 0.2) is 0 Å². The third kappa shape index (κ3) is 3.69. The highest BCUT2D eigenvalue weighted by molar-refractivity contribution is 7.89. The van der Waals surface area contributed by atoms with E-state index in [-0.39, 0.29) is 13.2 Å². The number of furan rings is 1. The molecule has 21 heavy (non-hydrogen) atoms. The van der Waals surface area contributed by atoms with E-state index in [2.05, 4.69) is 4.72 Å². The highest BCUT2D eigenvalue weighted by atomic mass is 32.2. The summed E-state index contributed by atoms with van der Waals surface area (Å²) in [5.41, 5.74) is 1.42. The van der Waals surface area contributed by atoms with Gasteiger partial charge >= 0.3 is 5.97 Å². The van der Waals surface area contributed by atoms with E-state index in [0.717, 1.165) is 17.7 Å². The van der Waals surface area contributed by atoms with Gasteiger partial charge in [0.25, 0.3) is 10.0 Å². The molecule has 0 radical (unpaired) electrons. The summed E-state index contributed by atoms with van der Waals surface area (Å²) in [6.07, 6.45) is 0. The Morgan fingerprint density at radius 3 is 2.24 bits per heavy atom. The van der Waals surface area contributed by atoms with Gasteiger partial charge in [0.1, 0.15) is 0 Å². The number of rotatable bonds is 6. The molecule has 2 rings (SSSR count). The molecule has 0 amide bonds. The first-order valence-electron chi connectivity index (χ1n) is 5.94. The zero-order chi connectivity index (χ0) is 15.5. The Balaban J connectivity index is 2.07. The number of sulfonamides is 1. The van der Waals surface area contributed by atoms with Gasteiger partial charge in [0, 0.05) is 6.54 Å². The van der Waals surface area contributed by atoms with Crippen LogP contribution >= 0.6 is 0 Å². The molecule has 0 saturated heterocycles. The van der Waals surface area contributed by atoms with Gasteiger partial charge < -0.3 is 14.6 Å². The van der Waals surface area contributed by atoms with Crippen LogP contribution in [0.25, 0.3) is 0 Å². The molecular formula is C13H13NO6S. The number of aliphatic hydroxyl groups is 1. The highest BCUT2D eigenvalue weighted by Crippen LogP contribution is 2.14. The number of carboxylic acid groups (broad SMARTS) is 1. The number of benzene rings is 1. The molecule has 0 bridgehead atoms. The Labute approximate surface area is 120 Å². The summed E-state index contributed by atoms with van der Waals surface area (Å²) < 4.78 is 30.9. The molecule has 0 fully saturated rings. The van der Waals surface area contributed by atoms with Crippen LogP contribution in [0.4, 0.5) is 0 Å². The average Bonchev–Trinajstić information content (AvgIpc) is 2.97. The smallest absolute Gasteiger partial charge is 0.371 e. The number of carbonyl (C=O) groups is 1. The van der Waals surface area contributed by atoms with Crippen LogP contribution in [0.5, 0.6) is 0 Å². The minimum atomic E-state index is -3.92. The number of nitrogens with one attached hydrogen (secondary N) is 1. The molecule has 3 N–H and O–H groups in total. The molecule has 0 atom stereocenters. The van der Waals surface area contributed by atoms with Crippen LogP contribution in [-0.2, 0) is 23.2 Å². The topological polar surface area (TPSA) is 117 Å². The van der Waals surface area contributed by atoms with Gasteiger partial charge in [-0.1, -0.05) is 24.3 Å². The monoisotopic (exact) mass is 311 g/mol. The number of hydrogen-bond donors (Lipinski definition) is 3. The van der Waals surface area contributed by atoms with Crippen molar-refractivity contribution < 1.29 is 27.8 Å². The van der Waals surface area contributed by atoms with Crippen LogP contribution in [0.3, 0.4) is 0 Å². The fourth-order valence-electron chi connectivity index (χ4n) is 1.59. The molecule has 0 unspecified atom stereocenters. The fourth-order valence-corrected chi connectivity index (χ4v) is 2.54. The first-order valence-corrected chi connectivity index (χ1v) is 7.42. The Bertz CT molecular complexity index is 732. The van der Waals surface area contributed by atoms with Gasteiger partial charge in [0.05, 0.1) is 6.61 Å². The first-order chi connectivity index (χ1) is 9.92. The Morgan fingerprint density at radius 2 is 1.71 bits per heavy atom. The van der Waals surface area contributed by atoms with Crippen LogP contribution in [0, 0.1) is 0 Å². The van der Waals surface area contributed by atoms with Crippen molar-refractivity contribution in [3.8, 4) is 0 Å². The van der Waals surface area contributed by atoms with Crippen LogP contribution in [0.1, 0.15) is 21.7 Å². The second kappa shape index (κ2) is 6.08. The van der Waals surface area contributed by atoms with Crippen LogP contribution < -0.4 is 4.72 Å². The van der Waals surface area contributed by atoms with Crippen molar-refractivity contribution in [1.29, 1.82) is 0 Å². The molecule has 0 aliphatic rings. The summed E-state index contributed by atoms with van der Waals surface area (Å²) >= 11 is 0. The second-order valence-electron chi connectivity index (χ2n) is 4.22. The first kappa shape index (κ1) is 15.2. The molecule has 1 heterocycles. The Hall–Kier alpha value is -2.16. The van der Waals surface area contributed by atoms with Gasteiger partial charge in [-0.15, -0.1) is 0 Å². The molecule has 0 aliphatic heterocycles. The lowest BCUT2D eigenvalue weighted by Gasteiger charge is -2.05. The fraction of sp³-hybridized carbons (Fsp3) is 0.154. The van der Waals surface area contributed by atoms with E-state index in [0.29, 0.717) is 5.56 Å². The lowest BCUT2D eigenvalue weighted by molar-refractivity contribution is 0.0656. The predicted molar refractivity (Wildman–Crippen MR) is 72.1 cm³/mol. The Kier molecular flexibility index (Phi) is 4.41.